The van der Waals surface area contributed by atoms with Crippen molar-refractivity contribution < 1.29 is 9.84 Å². The number of benzene rings is 2. The van der Waals surface area contributed by atoms with Crippen molar-refractivity contribution in [1.82, 2.24) is 5.32 Å². The van der Waals surface area contributed by atoms with Crippen LogP contribution in [0.3, 0.4) is 0 Å². The maximum Gasteiger partial charge on any atom is 0.119 e. The largest absolute Gasteiger partial charge is 0.489 e. The Kier molecular flexibility index (Phi) is 7.96. The molecule has 0 aliphatic rings. The molecule has 2 aromatic carbocycles. The Morgan fingerprint density at radius 2 is 1.60 bits per heavy atom. The van der Waals surface area contributed by atoms with Gasteiger partial charge in [0.1, 0.15) is 12.4 Å². The van der Waals surface area contributed by atoms with E-state index in [1.165, 1.54) is 5.56 Å². The summed E-state index contributed by atoms with van der Waals surface area (Å²) in [5.74, 6) is 1.24. The van der Waals surface area contributed by atoms with Crippen LogP contribution in [0.1, 0.15) is 50.8 Å². The van der Waals surface area contributed by atoms with Crippen LogP contribution in [0, 0.1) is 5.92 Å². The van der Waals surface area contributed by atoms with Gasteiger partial charge in [-0.15, -0.1) is 0 Å². The molecule has 2 rings (SSSR count). The van der Waals surface area contributed by atoms with Crippen LogP contribution in [0.15, 0.2) is 54.6 Å². The molecule has 3 nitrogen and oxygen atoms in total. The van der Waals surface area contributed by atoms with E-state index in [1.54, 1.807) is 0 Å². The average Bonchev–Trinajstić information content (AvgIpc) is 2.66. The van der Waals surface area contributed by atoms with Crippen molar-refractivity contribution in [3.63, 3.8) is 0 Å². The number of hydrogen-bond donors (Lipinski definition) is 2. The SMILES string of the molecule is CCC(CC)C(O)CNC(C)c1ccc(OCc2ccccc2)cc1. The molecule has 2 unspecified atom stereocenters. The zero-order valence-electron chi connectivity index (χ0n) is 15.6. The van der Waals surface area contributed by atoms with Gasteiger partial charge in [-0.25, -0.2) is 0 Å². The summed E-state index contributed by atoms with van der Waals surface area (Å²) in [4.78, 5) is 0. The second-order valence-electron chi connectivity index (χ2n) is 6.62. The van der Waals surface area contributed by atoms with Gasteiger partial charge in [0.2, 0.25) is 0 Å². The number of aliphatic hydroxyl groups is 1. The first-order valence-corrected chi connectivity index (χ1v) is 9.32. The van der Waals surface area contributed by atoms with E-state index in [2.05, 4.69) is 50.4 Å². The van der Waals surface area contributed by atoms with E-state index in [-0.39, 0.29) is 12.1 Å². The zero-order chi connectivity index (χ0) is 18.1. The second-order valence-corrected chi connectivity index (χ2v) is 6.62. The second kappa shape index (κ2) is 10.2. The van der Waals surface area contributed by atoms with Gasteiger partial charge in [-0.1, -0.05) is 69.2 Å². The first-order valence-electron chi connectivity index (χ1n) is 9.32. The van der Waals surface area contributed by atoms with E-state index >= 15 is 0 Å². The number of nitrogens with one attached hydrogen (secondary N) is 1. The summed E-state index contributed by atoms with van der Waals surface area (Å²) in [6.07, 6.45) is 1.74. The third kappa shape index (κ3) is 6.18. The minimum atomic E-state index is -0.286. The number of hydrogen-bond acceptors (Lipinski definition) is 3. The number of aliphatic hydroxyl groups excluding tert-OH is 1. The quantitative estimate of drug-likeness (QED) is 0.657. The van der Waals surface area contributed by atoms with Gasteiger partial charge >= 0.3 is 0 Å². The Labute approximate surface area is 152 Å². The molecule has 0 fully saturated rings. The Bertz CT molecular complexity index is 593. The smallest absolute Gasteiger partial charge is 0.119 e. The predicted molar refractivity (Wildman–Crippen MR) is 104 cm³/mol. The molecule has 0 bridgehead atoms. The van der Waals surface area contributed by atoms with E-state index in [0.29, 0.717) is 19.1 Å². The summed E-state index contributed by atoms with van der Waals surface area (Å²) in [6.45, 7) is 7.60. The van der Waals surface area contributed by atoms with Crippen molar-refractivity contribution in [3.8, 4) is 5.75 Å². The molecule has 3 heteroatoms. The summed E-state index contributed by atoms with van der Waals surface area (Å²) in [5, 5.41) is 13.7. The highest BCUT2D eigenvalue weighted by Gasteiger charge is 2.16. The molecule has 136 valence electrons. The van der Waals surface area contributed by atoms with E-state index in [9.17, 15) is 5.11 Å². The first-order chi connectivity index (χ1) is 12.1. The van der Waals surface area contributed by atoms with Crippen LogP contribution < -0.4 is 10.1 Å². The Balaban J connectivity index is 1.82. The number of ether oxygens (including phenoxy) is 1. The summed E-state index contributed by atoms with van der Waals surface area (Å²) < 4.78 is 5.83. The van der Waals surface area contributed by atoms with Gasteiger partial charge in [-0.05, 0) is 36.1 Å². The van der Waals surface area contributed by atoms with Crippen molar-refractivity contribution in [2.75, 3.05) is 6.54 Å². The maximum absolute atomic E-state index is 10.2. The maximum atomic E-state index is 10.2. The topological polar surface area (TPSA) is 41.5 Å². The molecule has 25 heavy (non-hydrogen) atoms. The van der Waals surface area contributed by atoms with Gasteiger partial charge in [-0.3, -0.25) is 0 Å². The normalized spacial score (nSPS) is 13.6. The Morgan fingerprint density at radius 1 is 0.960 bits per heavy atom. The van der Waals surface area contributed by atoms with Gasteiger partial charge in [0.15, 0.2) is 0 Å². The molecular formula is C22H31NO2. The van der Waals surface area contributed by atoms with Gasteiger partial charge in [0, 0.05) is 12.6 Å². The molecule has 2 aromatic rings. The summed E-state index contributed by atoms with van der Waals surface area (Å²) in [6, 6.07) is 18.6. The lowest BCUT2D eigenvalue weighted by Crippen LogP contribution is -2.33. The van der Waals surface area contributed by atoms with Crippen molar-refractivity contribution >= 4 is 0 Å². The fourth-order valence-corrected chi connectivity index (χ4v) is 3.01. The fourth-order valence-electron chi connectivity index (χ4n) is 3.01. The van der Waals surface area contributed by atoms with Crippen LogP contribution >= 0.6 is 0 Å². The summed E-state index contributed by atoms with van der Waals surface area (Å²) >= 11 is 0. The van der Waals surface area contributed by atoms with Gasteiger partial charge in [0.25, 0.3) is 0 Å². The molecule has 0 aliphatic heterocycles. The van der Waals surface area contributed by atoms with Crippen LogP contribution in [0.5, 0.6) is 5.75 Å². The van der Waals surface area contributed by atoms with Crippen molar-refractivity contribution in [2.45, 2.75) is 52.4 Å². The predicted octanol–water partition coefficient (Wildman–Crippen LogP) is 4.71. The van der Waals surface area contributed by atoms with Crippen molar-refractivity contribution in [1.29, 1.82) is 0 Å². The molecule has 0 amide bonds. The summed E-state index contributed by atoms with van der Waals surface area (Å²) in [7, 11) is 0. The molecule has 2 atom stereocenters. The van der Waals surface area contributed by atoms with Crippen LogP contribution in [-0.4, -0.2) is 17.8 Å². The zero-order valence-corrected chi connectivity index (χ0v) is 15.6. The van der Waals surface area contributed by atoms with Crippen LogP contribution in [0.25, 0.3) is 0 Å². The molecule has 0 spiro atoms. The van der Waals surface area contributed by atoms with Crippen LogP contribution in [-0.2, 0) is 6.61 Å². The van der Waals surface area contributed by atoms with Crippen LogP contribution in [0.2, 0.25) is 0 Å². The molecule has 0 radical (unpaired) electrons. The number of rotatable bonds is 10. The fraction of sp³-hybridized carbons (Fsp3) is 0.455. The molecule has 0 saturated heterocycles. The summed E-state index contributed by atoms with van der Waals surface area (Å²) in [5.41, 5.74) is 2.36. The molecule has 0 aliphatic carbocycles. The minimum Gasteiger partial charge on any atom is -0.489 e. The van der Waals surface area contributed by atoms with E-state index in [4.69, 9.17) is 4.74 Å². The Hall–Kier alpha value is -1.84. The highest BCUT2D eigenvalue weighted by molar-refractivity contribution is 5.29. The van der Waals surface area contributed by atoms with E-state index in [1.807, 2.05) is 30.3 Å². The molecule has 0 saturated carbocycles. The average molecular weight is 341 g/mol. The highest BCUT2D eigenvalue weighted by atomic mass is 16.5. The minimum absolute atomic E-state index is 0.201. The van der Waals surface area contributed by atoms with Crippen molar-refractivity contribution in [2.24, 2.45) is 5.92 Å². The van der Waals surface area contributed by atoms with E-state index in [0.717, 1.165) is 24.2 Å². The molecular weight excluding hydrogens is 310 g/mol. The third-order valence-corrected chi connectivity index (χ3v) is 4.85. The molecule has 0 heterocycles. The van der Waals surface area contributed by atoms with Crippen molar-refractivity contribution in [3.05, 3.63) is 65.7 Å². The van der Waals surface area contributed by atoms with Gasteiger partial charge in [0.05, 0.1) is 6.10 Å². The first kappa shape index (κ1) is 19.5. The van der Waals surface area contributed by atoms with Gasteiger partial charge in [-0.2, -0.15) is 0 Å². The lowest BCUT2D eigenvalue weighted by atomic mass is 9.96. The Morgan fingerprint density at radius 3 is 2.20 bits per heavy atom. The standard InChI is InChI=1S/C22H31NO2/c1-4-19(5-2)22(24)15-23-17(3)20-11-13-21(14-12-20)25-16-18-9-7-6-8-10-18/h6-14,17,19,22-24H,4-5,15-16H2,1-3H3. The lowest BCUT2D eigenvalue weighted by Gasteiger charge is -2.23. The lowest BCUT2D eigenvalue weighted by molar-refractivity contribution is 0.0989. The molecule has 0 aromatic heterocycles. The van der Waals surface area contributed by atoms with E-state index < -0.39 is 0 Å². The molecule has 2 N–H and O–H groups in total. The highest BCUT2D eigenvalue weighted by Crippen LogP contribution is 2.19. The van der Waals surface area contributed by atoms with Crippen LogP contribution in [0.4, 0.5) is 0 Å². The third-order valence-electron chi connectivity index (χ3n) is 4.85. The monoisotopic (exact) mass is 341 g/mol. The van der Waals surface area contributed by atoms with Gasteiger partial charge < -0.3 is 15.2 Å².